The van der Waals surface area contributed by atoms with Gasteiger partial charge in [-0.25, -0.2) is 0 Å². The molecule has 26 heavy (non-hydrogen) atoms. The molecule has 142 valence electrons. The Hall–Kier alpha value is -1.89. The zero-order chi connectivity index (χ0) is 18.3. The number of hydrogen-bond donors (Lipinski definition) is 0. The molecule has 0 aliphatic carbocycles. The van der Waals surface area contributed by atoms with E-state index in [1.165, 1.54) is 0 Å². The zero-order valence-corrected chi connectivity index (χ0v) is 16.9. The summed E-state index contributed by atoms with van der Waals surface area (Å²) in [5, 5.41) is 0. The standard InChI is InChI=1S/C19H24N2O3S.ClH/c1-16-10-12-18(13-11-16)25(22,23)20-19(17-8-5-4-6-9-17)24-15-7-14-21(2)3;/h4-6,8-13H,7,14-15H2,1-3H3;1H/b20-19-;. The minimum atomic E-state index is -3.83. The quantitative estimate of drug-likeness (QED) is 0.408. The minimum Gasteiger partial charge on any atom is -0.477 e. The van der Waals surface area contributed by atoms with Crippen molar-refractivity contribution >= 4 is 28.3 Å². The summed E-state index contributed by atoms with van der Waals surface area (Å²) in [7, 11) is 0.135. The summed E-state index contributed by atoms with van der Waals surface area (Å²) in [6.07, 6.45) is 0.781. The SMILES string of the molecule is Cc1ccc(S(=O)(=O)/N=C(\OCCCN(C)C)c2ccccc2)cc1.Cl. The van der Waals surface area contributed by atoms with Crippen LogP contribution in [0.2, 0.25) is 0 Å². The monoisotopic (exact) mass is 396 g/mol. The maximum Gasteiger partial charge on any atom is 0.285 e. The van der Waals surface area contributed by atoms with Crippen LogP contribution >= 0.6 is 12.4 Å². The molecule has 0 spiro atoms. The van der Waals surface area contributed by atoms with Crippen molar-refractivity contribution in [2.75, 3.05) is 27.2 Å². The Labute approximate surface area is 162 Å². The highest BCUT2D eigenvalue weighted by atomic mass is 35.5. The first-order valence-corrected chi connectivity index (χ1v) is 9.57. The van der Waals surface area contributed by atoms with E-state index in [2.05, 4.69) is 4.40 Å². The molecule has 0 amide bonds. The van der Waals surface area contributed by atoms with Gasteiger partial charge >= 0.3 is 0 Å². The highest BCUT2D eigenvalue weighted by Gasteiger charge is 2.16. The first kappa shape index (κ1) is 22.2. The summed E-state index contributed by atoms with van der Waals surface area (Å²) >= 11 is 0. The van der Waals surface area contributed by atoms with Gasteiger partial charge in [-0.1, -0.05) is 35.9 Å². The van der Waals surface area contributed by atoms with Gasteiger partial charge in [0.25, 0.3) is 10.0 Å². The van der Waals surface area contributed by atoms with Gasteiger partial charge in [0.1, 0.15) is 0 Å². The first-order chi connectivity index (χ1) is 11.9. The molecule has 0 aromatic heterocycles. The Bertz CT molecular complexity index is 804. The van der Waals surface area contributed by atoms with Crippen LogP contribution in [0, 0.1) is 6.92 Å². The number of aryl methyl sites for hydroxylation is 1. The van der Waals surface area contributed by atoms with E-state index in [-0.39, 0.29) is 23.2 Å². The molecule has 7 heteroatoms. The smallest absolute Gasteiger partial charge is 0.285 e. The van der Waals surface area contributed by atoms with Crippen molar-refractivity contribution < 1.29 is 13.2 Å². The van der Waals surface area contributed by atoms with Gasteiger partial charge in [0.05, 0.1) is 11.5 Å². The maximum atomic E-state index is 12.6. The van der Waals surface area contributed by atoms with Gasteiger partial charge in [-0.2, -0.15) is 8.42 Å². The molecule has 0 saturated carbocycles. The highest BCUT2D eigenvalue weighted by Crippen LogP contribution is 2.15. The number of nitrogens with zero attached hydrogens (tertiary/aromatic N) is 2. The normalized spacial score (nSPS) is 11.9. The first-order valence-electron chi connectivity index (χ1n) is 8.13. The third-order valence-electron chi connectivity index (χ3n) is 3.53. The predicted octanol–water partition coefficient (Wildman–Crippen LogP) is 3.52. The van der Waals surface area contributed by atoms with Crippen LogP contribution in [0.25, 0.3) is 0 Å². The maximum absolute atomic E-state index is 12.6. The lowest BCUT2D eigenvalue weighted by Crippen LogP contribution is -2.17. The van der Waals surface area contributed by atoms with Crippen molar-refractivity contribution in [2.24, 2.45) is 4.40 Å². The van der Waals surface area contributed by atoms with Gasteiger partial charge in [0, 0.05) is 12.1 Å². The van der Waals surface area contributed by atoms with E-state index in [4.69, 9.17) is 4.74 Å². The molecule has 2 rings (SSSR count). The molecule has 0 N–H and O–H groups in total. The fourth-order valence-corrected chi connectivity index (χ4v) is 3.13. The van der Waals surface area contributed by atoms with Gasteiger partial charge in [-0.05, 0) is 51.7 Å². The molecule has 2 aromatic rings. The van der Waals surface area contributed by atoms with Crippen LogP contribution in [0.3, 0.4) is 0 Å². The van der Waals surface area contributed by atoms with Crippen molar-refractivity contribution in [3.05, 3.63) is 65.7 Å². The molecular weight excluding hydrogens is 372 g/mol. The van der Waals surface area contributed by atoms with Crippen LogP contribution in [0.4, 0.5) is 0 Å². The lowest BCUT2D eigenvalue weighted by atomic mass is 10.2. The topological polar surface area (TPSA) is 59.0 Å². The fourth-order valence-electron chi connectivity index (χ4n) is 2.16. The van der Waals surface area contributed by atoms with Gasteiger partial charge < -0.3 is 9.64 Å². The van der Waals surface area contributed by atoms with E-state index < -0.39 is 10.0 Å². The molecule has 0 unspecified atom stereocenters. The summed E-state index contributed by atoms with van der Waals surface area (Å²) in [4.78, 5) is 2.20. The number of ether oxygens (including phenoxy) is 1. The molecule has 0 atom stereocenters. The van der Waals surface area contributed by atoms with E-state index in [9.17, 15) is 8.42 Å². The van der Waals surface area contributed by atoms with Gasteiger partial charge in [-0.3, -0.25) is 0 Å². The lowest BCUT2D eigenvalue weighted by Gasteiger charge is -2.12. The fraction of sp³-hybridized carbons (Fsp3) is 0.316. The van der Waals surface area contributed by atoms with E-state index >= 15 is 0 Å². The number of benzene rings is 2. The van der Waals surface area contributed by atoms with Gasteiger partial charge in [-0.15, -0.1) is 16.8 Å². The summed E-state index contributed by atoms with van der Waals surface area (Å²) in [6.45, 7) is 3.16. The van der Waals surface area contributed by atoms with E-state index in [0.717, 1.165) is 18.5 Å². The average molecular weight is 397 g/mol. The summed E-state index contributed by atoms with van der Waals surface area (Å²) < 4.78 is 34.8. The van der Waals surface area contributed by atoms with Crippen molar-refractivity contribution in [2.45, 2.75) is 18.2 Å². The Kier molecular flexibility index (Phi) is 8.78. The summed E-state index contributed by atoms with van der Waals surface area (Å²) in [5.74, 6) is 0.125. The van der Waals surface area contributed by atoms with Crippen LogP contribution in [-0.2, 0) is 14.8 Å². The van der Waals surface area contributed by atoms with Crippen LogP contribution < -0.4 is 0 Å². The molecule has 0 aliphatic heterocycles. The third kappa shape index (κ3) is 6.78. The molecule has 0 bridgehead atoms. The largest absolute Gasteiger partial charge is 0.477 e. The lowest BCUT2D eigenvalue weighted by molar-refractivity contribution is 0.273. The number of sulfonamides is 1. The van der Waals surface area contributed by atoms with Crippen LogP contribution in [0.1, 0.15) is 17.5 Å². The predicted molar refractivity (Wildman–Crippen MR) is 108 cm³/mol. The van der Waals surface area contributed by atoms with Crippen LogP contribution in [-0.4, -0.2) is 46.5 Å². The second-order valence-electron chi connectivity index (χ2n) is 6.06. The van der Waals surface area contributed by atoms with Crippen LogP contribution in [0.15, 0.2) is 63.9 Å². The molecule has 2 aromatic carbocycles. The zero-order valence-electron chi connectivity index (χ0n) is 15.3. The van der Waals surface area contributed by atoms with Gasteiger partial charge in [0.2, 0.25) is 5.90 Å². The summed E-state index contributed by atoms with van der Waals surface area (Å²) in [6, 6.07) is 15.7. The Morgan fingerprint density at radius 2 is 1.65 bits per heavy atom. The van der Waals surface area contributed by atoms with E-state index in [1.54, 1.807) is 36.4 Å². The van der Waals surface area contributed by atoms with Gasteiger partial charge in [0.15, 0.2) is 0 Å². The second kappa shape index (κ2) is 10.3. The number of halogens is 1. The number of hydrogen-bond acceptors (Lipinski definition) is 4. The highest BCUT2D eigenvalue weighted by molar-refractivity contribution is 7.90. The molecule has 0 radical (unpaired) electrons. The Morgan fingerprint density at radius 1 is 1.04 bits per heavy atom. The summed E-state index contributed by atoms with van der Waals surface area (Å²) in [5.41, 5.74) is 1.63. The van der Waals surface area contributed by atoms with E-state index in [1.807, 2.05) is 44.1 Å². The van der Waals surface area contributed by atoms with Crippen molar-refractivity contribution in [3.63, 3.8) is 0 Å². The molecule has 5 nitrogen and oxygen atoms in total. The Morgan fingerprint density at radius 3 is 2.23 bits per heavy atom. The molecule has 0 aliphatic rings. The minimum absolute atomic E-state index is 0. The van der Waals surface area contributed by atoms with Crippen molar-refractivity contribution in [3.8, 4) is 0 Å². The molecule has 0 fully saturated rings. The van der Waals surface area contributed by atoms with Crippen LogP contribution in [0.5, 0.6) is 0 Å². The molecule has 0 heterocycles. The van der Waals surface area contributed by atoms with Crippen molar-refractivity contribution in [1.29, 1.82) is 0 Å². The molecule has 0 saturated heterocycles. The Balaban J connectivity index is 0.00000338. The number of rotatable bonds is 7. The molecular formula is C19H25ClN2O3S. The third-order valence-corrected chi connectivity index (χ3v) is 4.81. The van der Waals surface area contributed by atoms with E-state index in [0.29, 0.717) is 12.2 Å². The average Bonchev–Trinajstić information content (AvgIpc) is 2.58. The van der Waals surface area contributed by atoms with Crippen molar-refractivity contribution in [1.82, 2.24) is 4.90 Å². The second-order valence-corrected chi connectivity index (χ2v) is 7.66.